The summed E-state index contributed by atoms with van der Waals surface area (Å²) < 4.78 is 0.780. The maximum Gasteiger partial charge on any atom is 0.271 e. The molecule has 0 fully saturated rings. The molecule has 0 saturated carbocycles. The summed E-state index contributed by atoms with van der Waals surface area (Å²) in [6.45, 7) is 5.08. The molecule has 0 aromatic heterocycles. The molecule has 154 valence electrons. The summed E-state index contributed by atoms with van der Waals surface area (Å²) in [6.07, 6.45) is 0. The molecule has 7 nitrogen and oxygen atoms in total. The quantitative estimate of drug-likeness (QED) is 0.704. The summed E-state index contributed by atoms with van der Waals surface area (Å²) in [7, 11) is 0. The van der Waals surface area contributed by atoms with E-state index in [9.17, 15) is 14.4 Å². The highest BCUT2D eigenvalue weighted by atomic mass is 79.9. The Morgan fingerprint density at radius 3 is 2.50 bits per heavy atom. The predicted molar refractivity (Wildman–Crippen MR) is 120 cm³/mol. The van der Waals surface area contributed by atoms with Gasteiger partial charge in [0.15, 0.2) is 5.17 Å². The highest BCUT2D eigenvalue weighted by Gasteiger charge is 2.61. The Labute approximate surface area is 186 Å². The lowest BCUT2D eigenvalue weighted by Gasteiger charge is -2.29. The van der Waals surface area contributed by atoms with Crippen LogP contribution in [-0.2, 0) is 25.8 Å². The van der Waals surface area contributed by atoms with Crippen molar-refractivity contribution in [3.63, 3.8) is 0 Å². The van der Waals surface area contributed by atoms with E-state index in [1.54, 1.807) is 4.90 Å². The average molecular weight is 487 g/mol. The normalized spacial score (nSPS) is 19.9. The Morgan fingerprint density at radius 2 is 1.87 bits per heavy atom. The Kier molecular flexibility index (Phi) is 5.19. The minimum absolute atomic E-state index is 0.217. The molecule has 0 radical (unpaired) electrons. The predicted octanol–water partition coefficient (Wildman–Crippen LogP) is 3.46. The first-order chi connectivity index (χ1) is 14.2. The smallest absolute Gasteiger partial charge is 0.271 e. The Morgan fingerprint density at radius 1 is 1.17 bits per heavy atom. The standard InChI is InChI=1S/C21H19BrN4O3S/c1-12-4-6-15(7-5-12)11-25-18-9-8-16(22)10-17(18)21(19(25)29)26(14(3)28)24-20(30-21)23-13(2)27/h4-10H,11H2,1-3H3,(H,23,24,27)/t21-/m1/s1. The molecule has 2 aromatic carbocycles. The molecule has 2 aromatic rings. The fourth-order valence-electron chi connectivity index (χ4n) is 3.62. The Balaban J connectivity index is 1.82. The van der Waals surface area contributed by atoms with Gasteiger partial charge in [-0.25, -0.2) is 0 Å². The van der Waals surface area contributed by atoms with Crippen molar-refractivity contribution in [2.75, 3.05) is 4.90 Å². The summed E-state index contributed by atoms with van der Waals surface area (Å²) in [5.74, 6) is -0.988. The summed E-state index contributed by atoms with van der Waals surface area (Å²) >= 11 is 4.55. The van der Waals surface area contributed by atoms with Crippen LogP contribution in [0.1, 0.15) is 30.5 Å². The van der Waals surface area contributed by atoms with Crippen LogP contribution in [0, 0.1) is 6.92 Å². The van der Waals surface area contributed by atoms with E-state index in [4.69, 9.17) is 0 Å². The molecule has 1 spiro atoms. The van der Waals surface area contributed by atoms with Gasteiger partial charge >= 0.3 is 0 Å². The summed E-state index contributed by atoms with van der Waals surface area (Å²) in [6, 6.07) is 13.5. The van der Waals surface area contributed by atoms with Crippen LogP contribution in [0.2, 0.25) is 0 Å². The zero-order chi connectivity index (χ0) is 21.6. The van der Waals surface area contributed by atoms with Crippen molar-refractivity contribution in [1.82, 2.24) is 10.3 Å². The number of hydrogen-bond donors (Lipinski definition) is 1. The van der Waals surface area contributed by atoms with E-state index in [0.717, 1.165) is 27.4 Å². The molecule has 0 aliphatic carbocycles. The van der Waals surface area contributed by atoms with E-state index >= 15 is 0 Å². The third-order valence-corrected chi connectivity index (χ3v) is 6.66. The van der Waals surface area contributed by atoms with Gasteiger partial charge in [0.05, 0.1) is 12.2 Å². The van der Waals surface area contributed by atoms with Gasteiger partial charge in [-0.3, -0.25) is 14.4 Å². The number of benzene rings is 2. The molecule has 2 heterocycles. The number of anilines is 1. The second-order valence-electron chi connectivity index (χ2n) is 7.20. The van der Waals surface area contributed by atoms with Crippen LogP contribution >= 0.6 is 27.7 Å². The van der Waals surface area contributed by atoms with E-state index in [2.05, 4.69) is 26.3 Å². The van der Waals surface area contributed by atoms with Crippen LogP contribution in [0.25, 0.3) is 0 Å². The van der Waals surface area contributed by atoms with Crippen molar-refractivity contribution in [1.29, 1.82) is 0 Å². The first kappa shape index (κ1) is 20.6. The molecule has 0 saturated heterocycles. The molecular formula is C21H19BrN4O3S. The molecule has 9 heteroatoms. The van der Waals surface area contributed by atoms with Crippen LogP contribution in [0.15, 0.2) is 52.0 Å². The monoisotopic (exact) mass is 486 g/mol. The third kappa shape index (κ3) is 3.31. The number of amidine groups is 1. The van der Waals surface area contributed by atoms with E-state index in [1.807, 2.05) is 49.4 Å². The zero-order valence-corrected chi connectivity index (χ0v) is 19.0. The fraction of sp³-hybridized carbons (Fsp3) is 0.238. The van der Waals surface area contributed by atoms with Crippen LogP contribution in [-0.4, -0.2) is 27.9 Å². The molecule has 0 unspecified atom stereocenters. The molecule has 1 atom stereocenters. The number of fused-ring (bicyclic) bond motifs is 2. The first-order valence-electron chi connectivity index (χ1n) is 9.26. The third-order valence-electron chi connectivity index (χ3n) is 4.93. The largest absolute Gasteiger partial charge is 0.304 e. The minimum Gasteiger partial charge on any atom is -0.304 e. The van der Waals surface area contributed by atoms with Crippen LogP contribution < -0.4 is 10.2 Å². The maximum absolute atomic E-state index is 13.8. The van der Waals surface area contributed by atoms with Gasteiger partial charge < -0.3 is 10.2 Å². The summed E-state index contributed by atoms with van der Waals surface area (Å²) in [5, 5.41) is 8.26. The van der Waals surface area contributed by atoms with E-state index in [1.165, 1.54) is 18.9 Å². The second-order valence-corrected chi connectivity index (χ2v) is 9.30. The highest BCUT2D eigenvalue weighted by Crippen LogP contribution is 2.55. The number of nitrogens with one attached hydrogen (secondary N) is 1. The van der Waals surface area contributed by atoms with Crippen molar-refractivity contribution in [3.8, 4) is 0 Å². The molecule has 4 rings (SSSR count). The van der Waals surface area contributed by atoms with E-state index < -0.39 is 4.87 Å². The van der Waals surface area contributed by atoms with Crippen molar-refractivity contribution < 1.29 is 14.4 Å². The van der Waals surface area contributed by atoms with Gasteiger partial charge in [-0.2, -0.15) is 5.01 Å². The van der Waals surface area contributed by atoms with Crippen LogP contribution in [0.5, 0.6) is 0 Å². The van der Waals surface area contributed by atoms with Gasteiger partial charge in [0.2, 0.25) is 16.7 Å². The number of aryl methyl sites for hydroxylation is 1. The number of carbonyl (C=O) groups excluding carboxylic acids is 3. The number of thioether (sulfide) groups is 1. The van der Waals surface area contributed by atoms with Crippen molar-refractivity contribution in [3.05, 3.63) is 63.6 Å². The number of nitrogens with zero attached hydrogens (tertiary/aromatic N) is 3. The SMILES string of the molecule is CC(=O)NC1=NN(C(C)=O)[C@]2(S1)C(=O)N(Cc1ccc(C)cc1)c1ccc(Br)cc12. The lowest BCUT2D eigenvalue weighted by atomic mass is 10.1. The highest BCUT2D eigenvalue weighted by molar-refractivity contribution is 9.10. The lowest BCUT2D eigenvalue weighted by molar-refractivity contribution is -0.139. The van der Waals surface area contributed by atoms with Gasteiger partial charge in [0, 0.05) is 23.9 Å². The molecule has 2 aliphatic heterocycles. The summed E-state index contributed by atoms with van der Waals surface area (Å²) in [5.41, 5.74) is 3.47. The number of hydrazone groups is 1. The zero-order valence-electron chi connectivity index (χ0n) is 16.6. The van der Waals surface area contributed by atoms with Gasteiger partial charge in [0.1, 0.15) is 0 Å². The Bertz CT molecular complexity index is 1100. The molecule has 0 bridgehead atoms. The number of hydrogen-bond acceptors (Lipinski definition) is 5. The summed E-state index contributed by atoms with van der Waals surface area (Å²) in [4.78, 5) is 38.2. The van der Waals surface area contributed by atoms with Crippen LogP contribution in [0.3, 0.4) is 0 Å². The number of amides is 3. The molecule has 30 heavy (non-hydrogen) atoms. The number of rotatable bonds is 2. The van der Waals surface area contributed by atoms with Gasteiger partial charge in [-0.15, -0.1) is 5.10 Å². The van der Waals surface area contributed by atoms with E-state index in [-0.39, 0.29) is 22.9 Å². The molecule has 3 amide bonds. The van der Waals surface area contributed by atoms with Crippen molar-refractivity contribution >= 4 is 56.3 Å². The van der Waals surface area contributed by atoms with Gasteiger partial charge in [-0.05, 0) is 42.4 Å². The van der Waals surface area contributed by atoms with Crippen molar-refractivity contribution in [2.45, 2.75) is 32.2 Å². The first-order valence-corrected chi connectivity index (χ1v) is 10.9. The fourth-order valence-corrected chi connectivity index (χ4v) is 5.30. The number of halogens is 1. The number of carbonyl (C=O) groups is 3. The Hall–Kier alpha value is -2.65. The van der Waals surface area contributed by atoms with Gasteiger partial charge in [-0.1, -0.05) is 45.8 Å². The van der Waals surface area contributed by atoms with Crippen molar-refractivity contribution in [2.24, 2.45) is 5.10 Å². The minimum atomic E-state index is -1.40. The topological polar surface area (TPSA) is 82.1 Å². The second kappa shape index (κ2) is 7.55. The van der Waals surface area contributed by atoms with Gasteiger partial charge in [0.25, 0.3) is 5.91 Å². The maximum atomic E-state index is 13.8. The molecule has 2 aliphatic rings. The van der Waals surface area contributed by atoms with Crippen LogP contribution in [0.4, 0.5) is 5.69 Å². The molecular weight excluding hydrogens is 468 g/mol. The lowest BCUT2D eigenvalue weighted by Crippen LogP contribution is -2.48. The average Bonchev–Trinajstić information content (AvgIpc) is 3.16. The van der Waals surface area contributed by atoms with E-state index in [0.29, 0.717) is 17.8 Å². The molecule has 1 N–H and O–H groups in total.